The van der Waals surface area contributed by atoms with Gasteiger partial charge in [0.05, 0.1) is 6.61 Å². The largest absolute Gasteiger partial charge is 0.395 e. The molecule has 2 nitrogen and oxygen atoms in total. The Morgan fingerprint density at radius 1 is 1.50 bits per heavy atom. The van der Waals surface area contributed by atoms with E-state index in [0.29, 0.717) is 0 Å². The number of aromatic nitrogens is 1. The first-order chi connectivity index (χ1) is 6.53. The van der Waals surface area contributed by atoms with E-state index in [-0.39, 0.29) is 17.4 Å². The number of aliphatic hydroxyl groups is 1. The van der Waals surface area contributed by atoms with E-state index in [1.165, 1.54) is 11.1 Å². The van der Waals surface area contributed by atoms with Gasteiger partial charge in [-0.3, -0.25) is 4.98 Å². The maximum atomic E-state index is 9.55. The monoisotopic (exact) mass is 191 g/mol. The summed E-state index contributed by atoms with van der Waals surface area (Å²) in [5, 5.41) is 9.55. The summed E-state index contributed by atoms with van der Waals surface area (Å²) < 4.78 is 0. The third-order valence-corrected chi connectivity index (χ3v) is 3.72. The average molecular weight is 191 g/mol. The Kier molecular flexibility index (Phi) is 1.93. The lowest BCUT2D eigenvalue weighted by molar-refractivity contribution is 0.231. The number of rotatable bonds is 2. The number of hydrogen-bond acceptors (Lipinski definition) is 2. The Labute approximate surface area is 85.0 Å². The van der Waals surface area contributed by atoms with Crippen LogP contribution in [-0.4, -0.2) is 16.7 Å². The highest BCUT2D eigenvalue weighted by atomic mass is 16.3. The van der Waals surface area contributed by atoms with Gasteiger partial charge in [0.15, 0.2) is 0 Å². The molecule has 1 N–H and O–H groups in total. The van der Waals surface area contributed by atoms with Crippen LogP contribution in [0.1, 0.15) is 31.4 Å². The average Bonchev–Trinajstić information content (AvgIpc) is 2.70. The molecule has 1 unspecified atom stereocenters. The highest BCUT2D eigenvalue weighted by Gasteiger charge is 2.61. The standard InChI is InChI=1S/C12H17NO/c1-9-6-13-5-4-10(9)12(8-14)7-11(12,2)3/h4-6,14H,7-8H2,1-3H3. The predicted molar refractivity (Wildman–Crippen MR) is 56.1 cm³/mol. The van der Waals surface area contributed by atoms with Gasteiger partial charge in [-0.2, -0.15) is 0 Å². The van der Waals surface area contributed by atoms with E-state index in [0.717, 1.165) is 6.42 Å². The lowest BCUT2D eigenvalue weighted by Gasteiger charge is -2.20. The molecule has 1 aliphatic rings. The van der Waals surface area contributed by atoms with E-state index in [2.05, 4.69) is 25.8 Å². The molecule has 1 saturated carbocycles. The Balaban J connectivity index is 2.46. The van der Waals surface area contributed by atoms with Crippen molar-refractivity contribution in [2.75, 3.05) is 6.61 Å². The summed E-state index contributed by atoms with van der Waals surface area (Å²) >= 11 is 0. The molecule has 14 heavy (non-hydrogen) atoms. The Bertz CT molecular complexity index is 359. The number of hydrogen-bond donors (Lipinski definition) is 1. The molecule has 0 amide bonds. The smallest absolute Gasteiger partial charge is 0.0533 e. The second-order valence-corrected chi connectivity index (χ2v) is 4.99. The number of aryl methyl sites for hydroxylation is 1. The van der Waals surface area contributed by atoms with Crippen LogP contribution in [0.25, 0.3) is 0 Å². The van der Waals surface area contributed by atoms with Gasteiger partial charge in [-0.15, -0.1) is 0 Å². The third-order valence-electron chi connectivity index (χ3n) is 3.72. The normalized spacial score (nSPS) is 28.9. The van der Waals surface area contributed by atoms with Crippen LogP contribution in [0, 0.1) is 12.3 Å². The van der Waals surface area contributed by atoms with Crippen LogP contribution in [0.2, 0.25) is 0 Å². The second-order valence-electron chi connectivity index (χ2n) is 4.99. The minimum Gasteiger partial charge on any atom is -0.395 e. The molecule has 0 spiro atoms. The lowest BCUT2D eigenvalue weighted by Crippen LogP contribution is -2.20. The van der Waals surface area contributed by atoms with E-state index in [4.69, 9.17) is 0 Å². The summed E-state index contributed by atoms with van der Waals surface area (Å²) in [6.45, 7) is 6.73. The maximum Gasteiger partial charge on any atom is 0.0533 e. The van der Waals surface area contributed by atoms with E-state index in [1.54, 1.807) is 0 Å². The molecular formula is C12H17NO. The van der Waals surface area contributed by atoms with E-state index >= 15 is 0 Å². The first kappa shape index (κ1) is 9.66. The minimum atomic E-state index is -0.0139. The predicted octanol–water partition coefficient (Wildman–Crippen LogP) is 2.05. The quantitative estimate of drug-likeness (QED) is 0.776. The zero-order valence-electron chi connectivity index (χ0n) is 9.04. The van der Waals surface area contributed by atoms with Gasteiger partial charge in [-0.1, -0.05) is 13.8 Å². The van der Waals surface area contributed by atoms with Crippen molar-refractivity contribution in [2.45, 2.75) is 32.6 Å². The number of pyridine rings is 1. The highest BCUT2D eigenvalue weighted by molar-refractivity contribution is 5.40. The van der Waals surface area contributed by atoms with Crippen molar-refractivity contribution in [1.29, 1.82) is 0 Å². The van der Waals surface area contributed by atoms with Crippen LogP contribution in [0.4, 0.5) is 0 Å². The van der Waals surface area contributed by atoms with Crippen LogP contribution in [0.3, 0.4) is 0 Å². The Hall–Kier alpha value is -0.890. The highest BCUT2D eigenvalue weighted by Crippen LogP contribution is 2.64. The first-order valence-corrected chi connectivity index (χ1v) is 5.05. The van der Waals surface area contributed by atoms with Crippen LogP contribution in [0.5, 0.6) is 0 Å². The minimum absolute atomic E-state index is 0.0139. The molecule has 1 atom stereocenters. The molecule has 1 fully saturated rings. The van der Waals surface area contributed by atoms with Gasteiger partial charge in [-0.05, 0) is 36.0 Å². The van der Waals surface area contributed by atoms with Gasteiger partial charge < -0.3 is 5.11 Å². The van der Waals surface area contributed by atoms with Gasteiger partial charge in [0.2, 0.25) is 0 Å². The number of nitrogens with zero attached hydrogens (tertiary/aromatic N) is 1. The fraction of sp³-hybridized carbons (Fsp3) is 0.583. The third kappa shape index (κ3) is 1.10. The summed E-state index contributed by atoms with van der Waals surface area (Å²) in [5.74, 6) is 0. The molecule has 0 aromatic carbocycles. The SMILES string of the molecule is Cc1cnccc1C1(CO)CC1(C)C. The Morgan fingerprint density at radius 3 is 2.57 bits per heavy atom. The molecule has 0 aliphatic heterocycles. The molecule has 0 saturated heterocycles. The van der Waals surface area contributed by atoms with Crippen molar-refractivity contribution in [3.8, 4) is 0 Å². The van der Waals surface area contributed by atoms with Gasteiger partial charge in [0.25, 0.3) is 0 Å². The van der Waals surface area contributed by atoms with Gasteiger partial charge >= 0.3 is 0 Å². The lowest BCUT2D eigenvalue weighted by atomic mass is 9.87. The van der Waals surface area contributed by atoms with Gasteiger partial charge in [0, 0.05) is 17.8 Å². The van der Waals surface area contributed by atoms with E-state index in [1.807, 2.05) is 18.5 Å². The fourth-order valence-electron chi connectivity index (χ4n) is 2.54. The number of aliphatic hydroxyl groups excluding tert-OH is 1. The van der Waals surface area contributed by atoms with Crippen LogP contribution in [-0.2, 0) is 5.41 Å². The van der Waals surface area contributed by atoms with Crippen molar-refractivity contribution >= 4 is 0 Å². The summed E-state index contributed by atoms with van der Waals surface area (Å²) in [5.41, 5.74) is 2.67. The zero-order chi connectivity index (χ0) is 10.4. The zero-order valence-corrected chi connectivity index (χ0v) is 9.04. The summed E-state index contributed by atoms with van der Waals surface area (Å²) in [4.78, 5) is 4.09. The van der Waals surface area contributed by atoms with E-state index in [9.17, 15) is 5.11 Å². The van der Waals surface area contributed by atoms with Crippen molar-refractivity contribution in [2.24, 2.45) is 5.41 Å². The van der Waals surface area contributed by atoms with Crippen molar-refractivity contribution in [3.05, 3.63) is 29.6 Å². The van der Waals surface area contributed by atoms with Crippen LogP contribution >= 0.6 is 0 Å². The summed E-state index contributed by atoms with van der Waals surface area (Å²) in [6.07, 6.45) is 4.76. The molecule has 1 heterocycles. The molecule has 1 aromatic heterocycles. The topological polar surface area (TPSA) is 33.1 Å². The molecular weight excluding hydrogens is 174 g/mol. The molecule has 1 aliphatic carbocycles. The Morgan fingerprint density at radius 2 is 2.14 bits per heavy atom. The van der Waals surface area contributed by atoms with Crippen molar-refractivity contribution in [3.63, 3.8) is 0 Å². The van der Waals surface area contributed by atoms with Crippen molar-refractivity contribution in [1.82, 2.24) is 4.98 Å². The molecule has 0 bridgehead atoms. The maximum absolute atomic E-state index is 9.55. The first-order valence-electron chi connectivity index (χ1n) is 5.05. The van der Waals surface area contributed by atoms with Crippen LogP contribution < -0.4 is 0 Å². The summed E-state index contributed by atoms with van der Waals surface area (Å²) in [7, 11) is 0. The van der Waals surface area contributed by atoms with Crippen LogP contribution in [0.15, 0.2) is 18.5 Å². The molecule has 0 radical (unpaired) electrons. The second kappa shape index (κ2) is 2.80. The fourth-order valence-corrected chi connectivity index (χ4v) is 2.54. The van der Waals surface area contributed by atoms with Gasteiger partial charge in [0.1, 0.15) is 0 Å². The van der Waals surface area contributed by atoms with Crippen molar-refractivity contribution < 1.29 is 5.11 Å². The molecule has 2 rings (SSSR count). The molecule has 1 aromatic rings. The molecule has 2 heteroatoms. The molecule has 76 valence electrons. The van der Waals surface area contributed by atoms with E-state index < -0.39 is 0 Å². The summed E-state index contributed by atoms with van der Waals surface area (Å²) in [6, 6.07) is 2.04. The van der Waals surface area contributed by atoms with Gasteiger partial charge in [-0.25, -0.2) is 0 Å².